The van der Waals surface area contributed by atoms with E-state index in [-0.39, 0.29) is 6.42 Å². The number of hydrogen-bond acceptors (Lipinski definition) is 4. The number of β-amino-alcohol motifs (C(OH)–C–C–N with tert-alkyl or cyclic N) is 1. The van der Waals surface area contributed by atoms with Gasteiger partial charge in [-0.05, 0) is 24.1 Å². The second kappa shape index (κ2) is 6.72. The number of rotatable bonds is 5. The lowest BCUT2D eigenvalue weighted by atomic mass is 10.0. The van der Waals surface area contributed by atoms with Crippen LogP contribution in [0.15, 0.2) is 30.6 Å². The van der Waals surface area contributed by atoms with E-state index < -0.39 is 47.6 Å². The second-order valence-electron chi connectivity index (χ2n) is 6.12. The Bertz CT molecular complexity index is 801. The maximum Gasteiger partial charge on any atom is 0.233 e. The van der Waals surface area contributed by atoms with Crippen LogP contribution in [-0.2, 0) is 23.1 Å². The van der Waals surface area contributed by atoms with Gasteiger partial charge in [-0.1, -0.05) is 6.07 Å². The fourth-order valence-electron chi connectivity index (χ4n) is 3.06. The molecule has 1 fully saturated rings. The highest BCUT2D eigenvalue weighted by Crippen LogP contribution is 2.27. The highest BCUT2D eigenvalue weighted by molar-refractivity contribution is 6.03. The van der Waals surface area contributed by atoms with Gasteiger partial charge in [0.2, 0.25) is 11.8 Å². The van der Waals surface area contributed by atoms with Crippen molar-refractivity contribution in [3.8, 4) is 0 Å². The molecule has 0 spiro atoms. The van der Waals surface area contributed by atoms with Crippen LogP contribution in [0.5, 0.6) is 0 Å². The molecule has 0 bridgehead atoms. The van der Waals surface area contributed by atoms with Gasteiger partial charge in [-0.25, -0.2) is 8.78 Å². The van der Waals surface area contributed by atoms with Crippen molar-refractivity contribution in [1.82, 2.24) is 14.7 Å². The Morgan fingerprint density at radius 3 is 2.60 bits per heavy atom. The third kappa shape index (κ3) is 3.43. The molecule has 1 aromatic carbocycles. The molecule has 1 aliphatic heterocycles. The van der Waals surface area contributed by atoms with Gasteiger partial charge in [-0.15, -0.1) is 0 Å². The standard InChI is InChI=1S/C17H17F2N3O3/c1-21-8-10(7-20-21)5-11-6-15(24)22(17(11)25)9-14(23)16-12(18)3-2-4-13(16)19/h2-4,7-8,11,14,23H,5-6,9H2,1H3/t11-,14-/m0/s1. The minimum absolute atomic E-state index is 0.000200. The van der Waals surface area contributed by atoms with Crippen LogP contribution in [0.3, 0.4) is 0 Å². The van der Waals surface area contributed by atoms with Crippen LogP contribution in [0.1, 0.15) is 23.7 Å². The number of halogens is 2. The molecule has 2 aromatic rings. The molecule has 0 radical (unpaired) electrons. The smallest absolute Gasteiger partial charge is 0.233 e. The summed E-state index contributed by atoms with van der Waals surface area (Å²) in [6.07, 6.45) is 2.10. The van der Waals surface area contributed by atoms with E-state index in [4.69, 9.17) is 0 Å². The molecule has 1 N–H and O–H groups in total. The molecular formula is C17H17F2N3O3. The van der Waals surface area contributed by atoms with Crippen molar-refractivity contribution in [2.75, 3.05) is 6.54 Å². The molecule has 1 aliphatic rings. The topological polar surface area (TPSA) is 75.4 Å². The van der Waals surface area contributed by atoms with Crippen LogP contribution in [0, 0.1) is 17.6 Å². The zero-order valence-electron chi connectivity index (χ0n) is 13.5. The third-order valence-corrected chi connectivity index (χ3v) is 4.27. The summed E-state index contributed by atoms with van der Waals surface area (Å²) < 4.78 is 29.1. The molecule has 6 nitrogen and oxygen atoms in total. The Kier molecular flexibility index (Phi) is 4.63. The molecule has 2 atom stereocenters. The van der Waals surface area contributed by atoms with Gasteiger partial charge >= 0.3 is 0 Å². The highest BCUT2D eigenvalue weighted by Gasteiger charge is 2.40. The third-order valence-electron chi connectivity index (χ3n) is 4.27. The quantitative estimate of drug-likeness (QED) is 0.827. The van der Waals surface area contributed by atoms with E-state index >= 15 is 0 Å². The van der Waals surface area contributed by atoms with Crippen LogP contribution in [0.4, 0.5) is 8.78 Å². The molecule has 3 rings (SSSR count). The number of aliphatic hydroxyl groups excluding tert-OH is 1. The van der Waals surface area contributed by atoms with E-state index in [1.165, 1.54) is 6.07 Å². The summed E-state index contributed by atoms with van der Waals surface area (Å²) in [5.74, 6) is -3.31. The molecule has 1 saturated heterocycles. The summed E-state index contributed by atoms with van der Waals surface area (Å²) in [7, 11) is 1.75. The van der Waals surface area contributed by atoms with E-state index in [9.17, 15) is 23.5 Å². The van der Waals surface area contributed by atoms with Gasteiger partial charge < -0.3 is 5.11 Å². The van der Waals surface area contributed by atoms with Crippen LogP contribution in [0.2, 0.25) is 0 Å². The van der Waals surface area contributed by atoms with Gasteiger partial charge in [0.1, 0.15) is 17.7 Å². The monoisotopic (exact) mass is 349 g/mol. The number of carbonyl (C=O) groups is 2. The van der Waals surface area contributed by atoms with E-state index in [1.54, 1.807) is 24.1 Å². The van der Waals surface area contributed by atoms with Crippen molar-refractivity contribution < 1.29 is 23.5 Å². The van der Waals surface area contributed by atoms with Crippen LogP contribution >= 0.6 is 0 Å². The largest absolute Gasteiger partial charge is 0.386 e. The number of hydrogen-bond donors (Lipinski definition) is 1. The fourth-order valence-corrected chi connectivity index (χ4v) is 3.06. The highest BCUT2D eigenvalue weighted by atomic mass is 19.1. The average Bonchev–Trinajstić information content (AvgIpc) is 3.06. The predicted octanol–water partition coefficient (Wildman–Crippen LogP) is 1.35. The number of aryl methyl sites for hydroxylation is 1. The number of amides is 2. The van der Waals surface area contributed by atoms with Crippen molar-refractivity contribution in [3.63, 3.8) is 0 Å². The normalized spacial score (nSPS) is 18.9. The van der Waals surface area contributed by atoms with E-state index in [0.717, 1.165) is 22.6 Å². The van der Waals surface area contributed by atoms with Gasteiger partial charge in [0.05, 0.1) is 24.2 Å². The van der Waals surface area contributed by atoms with Crippen LogP contribution in [0.25, 0.3) is 0 Å². The molecule has 8 heteroatoms. The minimum atomic E-state index is -1.62. The van der Waals surface area contributed by atoms with Gasteiger partial charge in [0.15, 0.2) is 0 Å². The van der Waals surface area contributed by atoms with Crippen molar-refractivity contribution in [1.29, 1.82) is 0 Å². The number of benzene rings is 1. The lowest BCUT2D eigenvalue weighted by molar-refractivity contribution is -0.141. The Balaban J connectivity index is 1.72. The first kappa shape index (κ1) is 17.2. The van der Waals surface area contributed by atoms with E-state index in [1.807, 2.05) is 0 Å². The number of aliphatic hydroxyl groups is 1. The average molecular weight is 349 g/mol. The lowest BCUT2D eigenvalue weighted by Crippen LogP contribution is -2.35. The van der Waals surface area contributed by atoms with Gasteiger partial charge in [-0.3, -0.25) is 19.2 Å². The summed E-state index contributed by atoms with van der Waals surface area (Å²) in [6, 6.07) is 3.21. The van der Waals surface area contributed by atoms with Crippen LogP contribution < -0.4 is 0 Å². The number of aromatic nitrogens is 2. The van der Waals surface area contributed by atoms with Crippen molar-refractivity contribution in [2.24, 2.45) is 13.0 Å². The molecule has 2 heterocycles. The SMILES string of the molecule is Cn1cc(C[C@H]2CC(=O)N(C[C@H](O)c3c(F)cccc3F)C2=O)cn1. The second-order valence-corrected chi connectivity index (χ2v) is 6.12. The molecule has 0 unspecified atom stereocenters. The lowest BCUT2D eigenvalue weighted by Gasteiger charge is -2.20. The summed E-state index contributed by atoms with van der Waals surface area (Å²) in [4.78, 5) is 25.4. The van der Waals surface area contributed by atoms with E-state index in [0.29, 0.717) is 6.42 Å². The summed E-state index contributed by atoms with van der Waals surface area (Å²) >= 11 is 0. The first-order chi connectivity index (χ1) is 11.9. The number of nitrogens with zero attached hydrogens (tertiary/aromatic N) is 3. The Labute approximate surface area is 142 Å². The van der Waals surface area contributed by atoms with Crippen molar-refractivity contribution >= 4 is 11.8 Å². The van der Waals surface area contributed by atoms with E-state index in [2.05, 4.69) is 5.10 Å². The Morgan fingerprint density at radius 1 is 1.32 bits per heavy atom. The Hall–Kier alpha value is -2.61. The molecule has 0 aliphatic carbocycles. The molecule has 25 heavy (non-hydrogen) atoms. The van der Waals surface area contributed by atoms with Gasteiger partial charge in [0.25, 0.3) is 0 Å². The maximum absolute atomic E-state index is 13.7. The van der Waals surface area contributed by atoms with Gasteiger partial charge in [-0.2, -0.15) is 5.10 Å². The first-order valence-electron chi connectivity index (χ1n) is 7.80. The molecule has 1 aromatic heterocycles. The van der Waals surface area contributed by atoms with Crippen molar-refractivity contribution in [3.05, 3.63) is 53.4 Å². The fraction of sp³-hybridized carbons (Fsp3) is 0.353. The molecule has 2 amide bonds. The Morgan fingerprint density at radius 2 is 2.00 bits per heavy atom. The van der Waals surface area contributed by atoms with Crippen molar-refractivity contribution in [2.45, 2.75) is 18.9 Å². The maximum atomic E-state index is 13.7. The summed E-state index contributed by atoms with van der Waals surface area (Å²) in [5.41, 5.74) is 0.273. The van der Waals surface area contributed by atoms with Crippen LogP contribution in [-0.4, -0.2) is 38.1 Å². The summed E-state index contributed by atoms with van der Waals surface area (Å²) in [6.45, 7) is -0.473. The molecule has 132 valence electrons. The van der Waals surface area contributed by atoms with Gasteiger partial charge in [0, 0.05) is 19.7 Å². The summed E-state index contributed by atoms with van der Waals surface area (Å²) in [5, 5.41) is 14.1. The molecule has 0 saturated carbocycles. The zero-order chi connectivity index (χ0) is 18.1. The number of carbonyl (C=O) groups excluding carboxylic acids is 2. The minimum Gasteiger partial charge on any atom is -0.386 e. The predicted molar refractivity (Wildman–Crippen MR) is 83.1 cm³/mol. The number of imide groups is 1. The molecular weight excluding hydrogens is 332 g/mol. The zero-order valence-corrected chi connectivity index (χ0v) is 13.5. The first-order valence-corrected chi connectivity index (χ1v) is 7.80. The number of likely N-dealkylation sites (tertiary alicyclic amines) is 1.